The van der Waals surface area contributed by atoms with Gasteiger partial charge in [0.05, 0.1) is 36.5 Å². The number of ether oxygens (including phenoxy) is 1. The molecule has 2 aromatic heterocycles. The van der Waals surface area contributed by atoms with Gasteiger partial charge in [0.15, 0.2) is 0 Å². The number of rotatable bonds is 6. The van der Waals surface area contributed by atoms with Crippen LogP contribution in [-0.2, 0) is 4.79 Å². The van der Waals surface area contributed by atoms with Crippen molar-refractivity contribution in [3.8, 4) is 17.1 Å². The largest absolute Gasteiger partial charge is 0.495 e. The zero-order valence-corrected chi connectivity index (χ0v) is 20.4. The van der Waals surface area contributed by atoms with Crippen molar-refractivity contribution in [2.75, 3.05) is 13.7 Å². The maximum absolute atomic E-state index is 15.0. The summed E-state index contributed by atoms with van der Waals surface area (Å²) in [5.41, 5.74) is 4.39. The number of aromatic nitrogens is 5. The number of benzene rings is 2. The van der Waals surface area contributed by atoms with E-state index in [1.807, 2.05) is 48.9 Å². The van der Waals surface area contributed by atoms with Crippen molar-refractivity contribution in [2.45, 2.75) is 32.7 Å². The van der Waals surface area contributed by atoms with Gasteiger partial charge in [-0.05, 0) is 62.6 Å². The van der Waals surface area contributed by atoms with Gasteiger partial charge in [-0.3, -0.25) is 4.79 Å². The molecule has 8 nitrogen and oxygen atoms in total. The minimum atomic E-state index is -0.410. The molecule has 1 fully saturated rings. The average molecular weight is 487 g/mol. The summed E-state index contributed by atoms with van der Waals surface area (Å²) >= 11 is 0. The van der Waals surface area contributed by atoms with Crippen molar-refractivity contribution in [1.82, 2.24) is 29.2 Å². The molecule has 2 aromatic carbocycles. The second-order valence-corrected chi connectivity index (χ2v) is 8.85. The number of imidazole rings is 1. The fourth-order valence-corrected chi connectivity index (χ4v) is 4.59. The van der Waals surface area contributed by atoms with Gasteiger partial charge in [0, 0.05) is 23.9 Å². The monoisotopic (exact) mass is 486 g/mol. The number of carbonyl (C=O) groups excluding carboxylic acids is 1. The molecule has 1 saturated heterocycles. The third kappa shape index (κ3) is 4.51. The van der Waals surface area contributed by atoms with Crippen LogP contribution in [0.3, 0.4) is 0 Å². The number of aryl methyl sites for hydroxylation is 1. The van der Waals surface area contributed by atoms with E-state index < -0.39 is 6.04 Å². The molecule has 1 atom stereocenters. The number of methoxy groups -OCH3 is 1. The molecule has 1 amide bonds. The SMILES string of the molecule is COc1cc(C=C2CCCN(C(C)c3ccc(-n4cncn4)cc3F)C2=O)ccc1-n1cnc(C)c1. The topological polar surface area (TPSA) is 78.1 Å². The van der Waals surface area contributed by atoms with Crippen LogP contribution in [0.2, 0.25) is 0 Å². The van der Waals surface area contributed by atoms with Crippen molar-refractivity contribution in [1.29, 1.82) is 0 Å². The Kier molecular flexibility index (Phi) is 6.37. The molecular formula is C27H27FN6O2. The minimum absolute atomic E-state index is 0.0817. The van der Waals surface area contributed by atoms with E-state index >= 15 is 4.39 Å². The Morgan fingerprint density at radius 2 is 2.03 bits per heavy atom. The molecule has 0 saturated carbocycles. The number of hydrogen-bond donors (Lipinski definition) is 0. The summed E-state index contributed by atoms with van der Waals surface area (Å²) in [6, 6.07) is 10.3. The summed E-state index contributed by atoms with van der Waals surface area (Å²) in [4.78, 5) is 23.3. The first-order valence-corrected chi connectivity index (χ1v) is 11.8. The van der Waals surface area contributed by atoms with Gasteiger partial charge >= 0.3 is 0 Å². The van der Waals surface area contributed by atoms with Crippen LogP contribution in [0.4, 0.5) is 4.39 Å². The molecule has 9 heteroatoms. The lowest BCUT2D eigenvalue weighted by Crippen LogP contribution is -2.39. The Labute approximate surface area is 208 Å². The van der Waals surface area contributed by atoms with Crippen LogP contribution in [-0.4, -0.2) is 48.8 Å². The Morgan fingerprint density at radius 3 is 2.72 bits per heavy atom. The predicted molar refractivity (Wildman–Crippen MR) is 134 cm³/mol. The average Bonchev–Trinajstić information content (AvgIpc) is 3.57. The van der Waals surface area contributed by atoms with Crippen molar-refractivity contribution < 1.29 is 13.9 Å². The van der Waals surface area contributed by atoms with Gasteiger partial charge in [-0.25, -0.2) is 19.0 Å². The van der Waals surface area contributed by atoms with Crippen LogP contribution in [0.5, 0.6) is 5.75 Å². The normalized spacial score (nSPS) is 15.9. The number of hydrogen-bond acceptors (Lipinski definition) is 5. The highest BCUT2D eigenvalue weighted by atomic mass is 19.1. The zero-order valence-electron chi connectivity index (χ0n) is 20.4. The Hall–Kier alpha value is -4.27. The van der Waals surface area contributed by atoms with E-state index in [4.69, 9.17) is 4.74 Å². The molecule has 1 aliphatic rings. The summed E-state index contributed by atoms with van der Waals surface area (Å²) in [5.74, 6) is 0.223. The number of nitrogens with zero attached hydrogens (tertiary/aromatic N) is 6. The van der Waals surface area contributed by atoms with E-state index in [2.05, 4.69) is 15.1 Å². The van der Waals surface area contributed by atoms with E-state index in [1.165, 1.54) is 23.4 Å². The highest BCUT2D eigenvalue weighted by Crippen LogP contribution is 2.32. The fraction of sp³-hybridized carbons (Fsp3) is 0.259. The lowest BCUT2D eigenvalue weighted by atomic mass is 9.97. The van der Waals surface area contributed by atoms with Gasteiger partial charge in [0.25, 0.3) is 0 Å². The van der Waals surface area contributed by atoms with E-state index in [-0.39, 0.29) is 11.7 Å². The van der Waals surface area contributed by atoms with Gasteiger partial charge in [-0.1, -0.05) is 12.1 Å². The third-order valence-electron chi connectivity index (χ3n) is 6.50. The molecule has 0 aliphatic carbocycles. The molecule has 1 aliphatic heterocycles. The van der Waals surface area contributed by atoms with E-state index in [0.29, 0.717) is 35.5 Å². The molecule has 4 aromatic rings. The van der Waals surface area contributed by atoms with Crippen LogP contribution in [0.1, 0.15) is 42.6 Å². The Balaban J connectivity index is 1.38. The fourth-order valence-electron chi connectivity index (χ4n) is 4.59. The molecule has 0 spiro atoms. The third-order valence-corrected chi connectivity index (χ3v) is 6.50. The first-order chi connectivity index (χ1) is 17.4. The number of amides is 1. The molecule has 36 heavy (non-hydrogen) atoms. The lowest BCUT2D eigenvalue weighted by molar-refractivity contribution is -0.130. The van der Waals surface area contributed by atoms with Crippen molar-refractivity contribution in [3.63, 3.8) is 0 Å². The summed E-state index contributed by atoms with van der Waals surface area (Å²) in [6.45, 7) is 4.36. The number of piperidine rings is 1. The molecule has 3 heterocycles. The zero-order chi connectivity index (χ0) is 25.2. The van der Waals surface area contributed by atoms with E-state index in [9.17, 15) is 4.79 Å². The van der Waals surface area contributed by atoms with Gasteiger partial charge in [-0.15, -0.1) is 0 Å². The van der Waals surface area contributed by atoms with Crippen LogP contribution < -0.4 is 4.74 Å². The minimum Gasteiger partial charge on any atom is -0.495 e. The Morgan fingerprint density at radius 1 is 1.17 bits per heavy atom. The number of halogens is 1. The quantitative estimate of drug-likeness (QED) is 0.370. The maximum Gasteiger partial charge on any atom is 0.250 e. The first kappa shape index (κ1) is 23.5. The standard InChI is InChI=1S/C27H27FN6O2/c1-18-14-32(17-30-18)25-9-6-20(12-26(25)36-3)11-21-5-4-10-33(27(21)35)19(2)23-8-7-22(13-24(23)28)34-16-29-15-31-34/h6-9,11-17,19H,4-5,10H2,1-3H3. The number of likely N-dealkylation sites (tertiary alicyclic amines) is 1. The molecule has 1 unspecified atom stereocenters. The maximum atomic E-state index is 15.0. The highest BCUT2D eigenvalue weighted by Gasteiger charge is 2.29. The molecule has 5 rings (SSSR count). The van der Waals surface area contributed by atoms with Crippen LogP contribution in [0.25, 0.3) is 17.5 Å². The van der Waals surface area contributed by atoms with Crippen molar-refractivity contribution >= 4 is 12.0 Å². The van der Waals surface area contributed by atoms with Crippen LogP contribution >= 0.6 is 0 Å². The van der Waals surface area contributed by atoms with Crippen LogP contribution in [0.15, 0.2) is 67.2 Å². The molecular weight excluding hydrogens is 459 g/mol. The summed E-state index contributed by atoms with van der Waals surface area (Å²) in [6.07, 6.45) is 9.96. The molecule has 0 radical (unpaired) electrons. The lowest BCUT2D eigenvalue weighted by Gasteiger charge is -2.34. The second-order valence-electron chi connectivity index (χ2n) is 8.85. The van der Waals surface area contributed by atoms with Gasteiger partial charge in [0.1, 0.15) is 24.2 Å². The van der Waals surface area contributed by atoms with Gasteiger partial charge < -0.3 is 14.2 Å². The Bertz CT molecular complexity index is 1430. The predicted octanol–water partition coefficient (Wildman–Crippen LogP) is 4.68. The van der Waals surface area contributed by atoms with Crippen molar-refractivity contribution in [3.05, 3.63) is 89.8 Å². The van der Waals surface area contributed by atoms with Crippen molar-refractivity contribution in [2.24, 2.45) is 0 Å². The molecule has 0 N–H and O–H groups in total. The van der Waals surface area contributed by atoms with Gasteiger partial charge in [0.2, 0.25) is 5.91 Å². The molecule has 184 valence electrons. The highest BCUT2D eigenvalue weighted by molar-refractivity contribution is 5.98. The summed E-state index contributed by atoms with van der Waals surface area (Å²) in [7, 11) is 1.62. The summed E-state index contributed by atoms with van der Waals surface area (Å²) < 4.78 is 24.1. The second kappa shape index (κ2) is 9.77. The smallest absolute Gasteiger partial charge is 0.250 e. The summed E-state index contributed by atoms with van der Waals surface area (Å²) in [5, 5.41) is 4.04. The first-order valence-electron chi connectivity index (χ1n) is 11.8. The van der Waals surface area contributed by atoms with Gasteiger partial charge in [-0.2, -0.15) is 5.10 Å². The van der Waals surface area contributed by atoms with Crippen LogP contribution in [0, 0.1) is 12.7 Å². The number of carbonyl (C=O) groups is 1. The molecule has 0 bridgehead atoms. The van der Waals surface area contributed by atoms with E-state index in [1.54, 1.807) is 30.5 Å². The van der Waals surface area contributed by atoms with E-state index in [0.717, 1.165) is 23.4 Å².